The summed E-state index contributed by atoms with van der Waals surface area (Å²) in [6, 6.07) is 6.51. The van der Waals surface area contributed by atoms with Gasteiger partial charge in [0.15, 0.2) is 0 Å². The van der Waals surface area contributed by atoms with Crippen molar-refractivity contribution in [2.45, 2.75) is 46.0 Å². The lowest BCUT2D eigenvalue weighted by molar-refractivity contribution is 0.307. The van der Waals surface area contributed by atoms with Gasteiger partial charge < -0.3 is 4.74 Å². The van der Waals surface area contributed by atoms with Crippen LogP contribution in [0.4, 0.5) is 0 Å². The maximum absolute atomic E-state index is 5.79. The third kappa shape index (κ3) is 4.71. The Bertz CT molecular complexity index is 352. The molecule has 0 aliphatic heterocycles. The maximum atomic E-state index is 5.79. The van der Waals surface area contributed by atoms with Gasteiger partial charge >= 0.3 is 0 Å². The first kappa shape index (κ1) is 14.6. The molecule has 96 valence electrons. The van der Waals surface area contributed by atoms with Crippen molar-refractivity contribution in [3.63, 3.8) is 0 Å². The van der Waals surface area contributed by atoms with Crippen LogP contribution in [0.25, 0.3) is 0 Å². The fraction of sp³-hybridized carbons (Fsp3) is 0.600. The van der Waals surface area contributed by atoms with Crippen LogP contribution < -0.4 is 4.74 Å². The second kappa shape index (κ2) is 6.44. The predicted octanol–water partition coefficient (Wildman–Crippen LogP) is 4.85. The fourth-order valence-electron chi connectivity index (χ4n) is 1.66. The van der Waals surface area contributed by atoms with Gasteiger partial charge in [-0.3, -0.25) is 0 Å². The number of hydrogen-bond donors (Lipinski definition) is 0. The van der Waals surface area contributed by atoms with E-state index in [0.717, 1.165) is 24.1 Å². The van der Waals surface area contributed by atoms with E-state index in [2.05, 4.69) is 61.8 Å². The zero-order chi connectivity index (χ0) is 12.9. The largest absolute Gasteiger partial charge is 0.493 e. The fourth-order valence-corrected chi connectivity index (χ4v) is 2.05. The number of alkyl halides is 1. The van der Waals surface area contributed by atoms with Gasteiger partial charge in [0.05, 0.1) is 6.61 Å². The van der Waals surface area contributed by atoms with Gasteiger partial charge in [0.25, 0.3) is 0 Å². The zero-order valence-corrected chi connectivity index (χ0v) is 12.9. The molecule has 0 bridgehead atoms. The molecule has 0 radical (unpaired) electrons. The molecular weight excluding hydrogens is 276 g/mol. The minimum Gasteiger partial charge on any atom is -0.493 e. The topological polar surface area (TPSA) is 9.23 Å². The highest BCUT2D eigenvalue weighted by Crippen LogP contribution is 2.27. The van der Waals surface area contributed by atoms with Crippen molar-refractivity contribution in [3.8, 4) is 5.75 Å². The molecule has 1 aromatic rings. The van der Waals surface area contributed by atoms with E-state index in [-0.39, 0.29) is 5.41 Å². The minimum atomic E-state index is 0.208. The average molecular weight is 299 g/mol. The van der Waals surface area contributed by atoms with E-state index in [1.807, 2.05) is 0 Å². The quantitative estimate of drug-likeness (QED) is 0.558. The molecule has 0 aromatic heterocycles. The Hall–Kier alpha value is -0.500. The summed E-state index contributed by atoms with van der Waals surface area (Å²) >= 11 is 3.43. The van der Waals surface area contributed by atoms with Crippen LogP contribution in [0.2, 0.25) is 0 Å². The SMILES string of the molecule is Cc1cc(C(C)(C)C)ccc1OCCCCBr. The molecule has 0 N–H and O–H groups in total. The van der Waals surface area contributed by atoms with Crippen LogP contribution in [0.3, 0.4) is 0 Å². The summed E-state index contributed by atoms with van der Waals surface area (Å²) in [5, 5.41) is 1.05. The second-order valence-electron chi connectivity index (χ2n) is 5.47. The Morgan fingerprint density at radius 1 is 1.18 bits per heavy atom. The van der Waals surface area contributed by atoms with Gasteiger partial charge in [-0.25, -0.2) is 0 Å². The van der Waals surface area contributed by atoms with Crippen LogP contribution >= 0.6 is 15.9 Å². The number of ether oxygens (including phenoxy) is 1. The molecule has 0 saturated heterocycles. The summed E-state index contributed by atoms with van der Waals surface area (Å²) in [5.41, 5.74) is 2.80. The highest BCUT2D eigenvalue weighted by molar-refractivity contribution is 9.09. The van der Waals surface area contributed by atoms with Crippen LogP contribution in [0.1, 0.15) is 44.7 Å². The predicted molar refractivity (Wildman–Crippen MR) is 78.4 cm³/mol. The number of hydrogen-bond acceptors (Lipinski definition) is 1. The highest BCUT2D eigenvalue weighted by atomic mass is 79.9. The molecule has 0 fully saturated rings. The molecule has 0 aliphatic carbocycles. The Morgan fingerprint density at radius 2 is 1.88 bits per heavy atom. The van der Waals surface area contributed by atoms with E-state index in [4.69, 9.17) is 4.74 Å². The minimum absolute atomic E-state index is 0.208. The smallest absolute Gasteiger partial charge is 0.122 e. The lowest BCUT2D eigenvalue weighted by Crippen LogP contribution is -2.11. The van der Waals surface area contributed by atoms with Crippen LogP contribution in [-0.2, 0) is 5.41 Å². The molecule has 1 aromatic carbocycles. The van der Waals surface area contributed by atoms with Crippen LogP contribution in [0.15, 0.2) is 18.2 Å². The van der Waals surface area contributed by atoms with Crippen molar-refractivity contribution < 1.29 is 4.74 Å². The van der Waals surface area contributed by atoms with Crippen LogP contribution in [-0.4, -0.2) is 11.9 Å². The van der Waals surface area contributed by atoms with E-state index < -0.39 is 0 Å². The first-order valence-corrected chi connectivity index (χ1v) is 7.37. The Morgan fingerprint density at radius 3 is 2.41 bits per heavy atom. The average Bonchev–Trinajstić information content (AvgIpc) is 2.24. The standard InChI is InChI=1S/C15H23BrO/c1-12-11-13(15(2,3)4)7-8-14(12)17-10-6-5-9-16/h7-8,11H,5-6,9-10H2,1-4H3. The Labute approximate surface area is 114 Å². The van der Waals surface area contributed by atoms with Gasteiger partial charge in [-0.15, -0.1) is 0 Å². The van der Waals surface area contributed by atoms with Crippen LogP contribution in [0.5, 0.6) is 5.75 Å². The summed E-state index contributed by atoms with van der Waals surface area (Å²) < 4.78 is 5.79. The van der Waals surface area contributed by atoms with Crippen LogP contribution in [0, 0.1) is 6.92 Å². The van der Waals surface area contributed by atoms with Gasteiger partial charge in [0, 0.05) is 5.33 Å². The molecule has 17 heavy (non-hydrogen) atoms. The lowest BCUT2D eigenvalue weighted by Gasteiger charge is -2.20. The number of halogens is 1. The number of benzene rings is 1. The molecule has 0 aliphatic rings. The van der Waals surface area contributed by atoms with Gasteiger partial charge in [0.1, 0.15) is 5.75 Å². The summed E-state index contributed by atoms with van der Waals surface area (Å²) in [6.45, 7) is 9.63. The molecule has 0 amide bonds. The highest BCUT2D eigenvalue weighted by Gasteiger charge is 2.14. The third-order valence-electron chi connectivity index (χ3n) is 2.83. The molecule has 1 nitrogen and oxygen atoms in total. The number of unbranched alkanes of at least 4 members (excludes halogenated alkanes) is 1. The molecule has 0 atom stereocenters. The number of rotatable bonds is 5. The number of aryl methyl sites for hydroxylation is 1. The molecule has 1 rings (SSSR count). The van der Waals surface area contributed by atoms with E-state index in [1.54, 1.807) is 0 Å². The van der Waals surface area contributed by atoms with E-state index >= 15 is 0 Å². The van der Waals surface area contributed by atoms with Gasteiger partial charge in [-0.1, -0.05) is 48.8 Å². The van der Waals surface area contributed by atoms with Gasteiger partial charge in [-0.05, 0) is 42.4 Å². The van der Waals surface area contributed by atoms with Crippen molar-refractivity contribution in [3.05, 3.63) is 29.3 Å². The van der Waals surface area contributed by atoms with E-state index in [9.17, 15) is 0 Å². The molecular formula is C15H23BrO. The summed E-state index contributed by atoms with van der Waals surface area (Å²) in [5.74, 6) is 1.02. The molecule has 0 saturated carbocycles. The van der Waals surface area contributed by atoms with Gasteiger partial charge in [0.2, 0.25) is 0 Å². The van der Waals surface area contributed by atoms with Crippen molar-refractivity contribution in [1.29, 1.82) is 0 Å². The maximum Gasteiger partial charge on any atom is 0.122 e. The summed E-state index contributed by atoms with van der Waals surface area (Å²) in [4.78, 5) is 0. The van der Waals surface area contributed by atoms with E-state index in [0.29, 0.717) is 0 Å². The molecule has 0 spiro atoms. The molecule has 0 heterocycles. The van der Waals surface area contributed by atoms with Crippen molar-refractivity contribution >= 4 is 15.9 Å². The normalized spacial score (nSPS) is 11.6. The van der Waals surface area contributed by atoms with Crippen molar-refractivity contribution in [1.82, 2.24) is 0 Å². The molecule has 2 heteroatoms. The third-order valence-corrected chi connectivity index (χ3v) is 3.39. The van der Waals surface area contributed by atoms with Crippen molar-refractivity contribution in [2.75, 3.05) is 11.9 Å². The first-order chi connectivity index (χ1) is 7.95. The Balaban J connectivity index is 2.64. The Kier molecular flexibility index (Phi) is 5.51. The van der Waals surface area contributed by atoms with Crippen molar-refractivity contribution in [2.24, 2.45) is 0 Å². The summed E-state index contributed by atoms with van der Waals surface area (Å²) in [7, 11) is 0. The molecule has 0 unspecified atom stereocenters. The monoisotopic (exact) mass is 298 g/mol. The first-order valence-electron chi connectivity index (χ1n) is 6.25. The zero-order valence-electron chi connectivity index (χ0n) is 11.3. The second-order valence-corrected chi connectivity index (χ2v) is 6.27. The lowest BCUT2D eigenvalue weighted by atomic mass is 9.86. The summed E-state index contributed by atoms with van der Waals surface area (Å²) in [6.07, 6.45) is 2.27. The van der Waals surface area contributed by atoms with E-state index in [1.165, 1.54) is 17.5 Å². The van der Waals surface area contributed by atoms with Gasteiger partial charge in [-0.2, -0.15) is 0 Å².